The van der Waals surface area contributed by atoms with Crippen LogP contribution in [0.4, 0.5) is 0 Å². The second kappa shape index (κ2) is 6.77. The average molecular weight is 355 g/mol. The summed E-state index contributed by atoms with van der Waals surface area (Å²) >= 11 is 9.32. The van der Waals surface area contributed by atoms with Crippen LogP contribution < -0.4 is 5.32 Å². The number of amides is 1. The van der Waals surface area contributed by atoms with Crippen molar-refractivity contribution in [2.24, 2.45) is 0 Å². The van der Waals surface area contributed by atoms with Gasteiger partial charge >= 0.3 is 0 Å². The summed E-state index contributed by atoms with van der Waals surface area (Å²) in [4.78, 5) is 12.0. The molecule has 0 heterocycles. The smallest absolute Gasteiger partial charge is 0.252 e. The van der Waals surface area contributed by atoms with Gasteiger partial charge in [0.2, 0.25) is 0 Å². The van der Waals surface area contributed by atoms with Crippen LogP contribution in [0, 0.1) is 0 Å². The van der Waals surface area contributed by atoms with Crippen LogP contribution in [-0.2, 0) is 6.42 Å². The molecule has 0 radical (unpaired) electrons. The predicted molar refractivity (Wildman–Crippen MR) is 83.3 cm³/mol. The molecule has 0 aliphatic carbocycles. The van der Waals surface area contributed by atoms with Crippen LogP contribution >= 0.6 is 27.5 Å². The number of nitrogens with one attached hydrogen (secondary N) is 1. The third-order valence-corrected chi connectivity index (χ3v) is 3.62. The van der Waals surface area contributed by atoms with E-state index in [9.17, 15) is 9.90 Å². The highest BCUT2D eigenvalue weighted by atomic mass is 79.9. The average Bonchev–Trinajstić information content (AvgIpc) is 2.41. The van der Waals surface area contributed by atoms with Crippen molar-refractivity contribution in [3.63, 3.8) is 0 Å². The normalized spacial score (nSPS) is 10.3. The second-order valence-electron chi connectivity index (χ2n) is 4.30. The van der Waals surface area contributed by atoms with Gasteiger partial charge < -0.3 is 10.4 Å². The Morgan fingerprint density at radius 2 is 1.90 bits per heavy atom. The SMILES string of the molecule is O=C(NCCc1ccc(O)cc1)c1ccc(Br)cc1Cl. The summed E-state index contributed by atoms with van der Waals surface area (Å²) in [6, 6.07) is 12.1. The minimum absolute atomic E-state index is 0.193. The van der Waals surface area contributed by atoms with Crippen molar-refractivity contribution >= 4 is 33.4 Å². The van der Waals surface area contributed by atoms with E-state index in [0.29, 0.717) is 23.6 Å². The van der Waals surface area contributed by atoms with Crippen molar-refractivity contribution in [3.05, 3.63) is 63.1 Å². The van der Waals surface area contributed by atoms with E-state index in [4.69, 9.17) is 11.6 Å². The van der Waals surface area contributed by atoms with Gasteiger partial charge in [-0.15, -0.1) is 0 Å². The summed E-state index contributed by atoms with van der Waals surface area (Å²) in [5.41, 5.74) is 1.51. The molecule has 0 spiro atoms. The second-order valence-corrected chi connectivity index (χ2v) is 5.62. The predicted octanol–water partition coefficient (Wildman–Crippen LogP) is 3.78. The van der Waals surface area contributed by atoms with Crippen LogP contribution in [0.5, 0.6) is 5.75 Å². The van der Waals surface area contributed by atoms with Crippen molar-refractivity contribution in [2.45, 2.75) is 6.42 Å². The van der Waals surface area contributed by atoms with E-state index in [1.54, 1.807) is 30.3 Å². The van der Waals surface area contributed by atoms with Crippen molar-refractivity contribution in [2.75, 3.05) is 6.54 Å². The molecule has 0 bridgehead atoms. The van der Waals surface area contributed by atoms with E-state index in [1.165, 1.54) is 0 Å². The standard InChI is InChI=1S/C15H13BrClNO2/c16-11-3-6-13(14(17)9-11)15(20)18-8-7-10-1-4-12(19)5-2-10/h1-6,9,19H,7-8H2,(H,18,20). The summed E-state index contributed by atoms with van der Waals surface area (Å²) < 4.78 is 0.836. The highest BCUT2D eigenvalue weighted by Crippen LogP contribution is 2.21. The molecule has 0 aromatic heterocycles. The van der Waals surface area contributed by atoms with Gasteiger partial charge in [-0.1, -0.05) is 39.7 Å². The van der Waals surface area contributed by atoms with E-state index in [0.717, 1.165) is 10.0 Å². The van der Waals surface area contributed by atoms with Crippen molar-refractivity contribution in [1.29, 1.82) is 0 Å². The summed E-state index contributed by atoms with van der Waals surface area (Å²) in [6.07, 6.45) is 0.695. The van der Waals surface area contributed by atoms with Gasteiger partial charge in [-0.25, -0.2) is 0 Å². The molecule has 20 heavy (non-hydrogen) atoms. The molecule has 2 N–H and O–H groups in total. The molecule has 0 fully saturated rings. The first-order chi connectivity index (χ1) is 9.56. The molecule has 2 aromatic rings. The van der Waals surface area contributed by atoms with Crippen molar-refractivity contribution in [3.8, 4) is 5.75 Å². The minimum atomic E-state index is -0.193. The monoisotopic (exact) mass is 353 g/mol. The molecule has 0 aliphatic heterocycles. The van der Waals surface area contributed by atoms with E-state index in [1.807, 2.05) is 12.1 Å². The highest BCUT2D eigenvalue weighted by Gasteiger charge is 2.09. The number of hydrogen-bond acceptors (Lipinski definition) is 2. The molecule has 0 saturated heterocycles. The zero-order valence-electron chi connectivity index (χ0n) is 10.6. The number of phenols is 1. The van der Waals surface area contributed by atoms with Gasteiger partial charge in [0.15, 0.2) is 0 Å². The molecule has 2 rings (SSSR count). The maximum Gasteiger partial charge on any atom is 0.252 e. The maximum absolute atomic E-state index is 12.0. The first-order valence-electron chi connectivity index (χ1n) is 6.07. The zero-order chi connectivity index (χ0) is 14.5. The summed E-state index contributed by atoms with van der Waals surface area (Å²) in [5.74, 6) is 0.0423. The number of benzene rings is 2. The fourth-order valence-electron chi connectivity index (χ4n) is 1.75. The third-order valence-electron chi connectivity index (χ3n) is 2.81. The molecule has 0 saturated carbocycles. The number of aromatic hydroxyl groups is 1. The first-order valence-corrected chi connectivity index (χ1v) is 7.24. The number of halogens is 2. The molecular weight excluding hydrogens is 342 g/mol. The Labute approximate surface area is 130 Å². The third kappa shape index (κ3) is 3.99. The molecule has 1 amide bonds. The Kier molecular flexibility index (Phi) is 5.04. The summed E-state index contributed by atoms with van der Waals surface area (Å²) in [5, 5.41) is 12.4. The van der Waals surface area contributed by atoms with Gasteiger partial charge in [0.05, 0.1) is 10.6 Å². The molecule has 0 unspecified atom stereocenters. The van der Waals surface area contributed by atoms with Crippen molar-refractivity contribution in [1.82, 2.24) is 5.32 Å². The topological polar surface area (TPSA) is 49.3 Å². The van der Waals surface area contributed by atoms with Crippen LogP contribution in [0.2, 0.25) is 5.02 Å². The van der Waals surface area contributed by atoms with Gasteiger partial charge in [-0.2, -0.15) is 0 Å². The number of carbonyl (C=O) groups is 1. The fraction of sp³-hybridized carbons (Fsp3) is 0.133. The Bertz CT molecular complexity index is 614. The lowest BCUT2D eigenvalue weighted by Crippen LogP contribution is -2.25. The largest absolute Gasteiger partial charge is 0.508 e. The lowest BCUT2D eigenvalue weighted by Gasteiger charge is -2.07. The Morgan fingerprint density at radius 3 is 2.55 bits per heavy atom. The minimum Gasteiger partial charge on any atom is -0.508 e. The Hall–Kier alpha value is -1.52. The number of hydrogen-bond donors (Lipinski definition) is 2. The lowest BCUT2D eigenvalue weighted by molar-refractivity contribution is 0.0954. The van der Waals surface area contributed by atoms with Crippen LogP contribution in [0.25, 0.3) is 0 Å². The maximum atomic E-state index is 12.0. The lowest BCUT2D eigenvalue weighted by atomic mass is 10.1. The first kappa shape index (κ1) is 14.9. The van der Waals surface area contributed by atoms with E-state index in [-0.39, 0.29) is 11.7 Å². The summed E-state index contributed by atoms with van der Waals surface area (Å²) in [7, 11) is 0. The van der Waals surface area contributed by atoms with Gasteiger partial charge in [0, 0.05) is 11.0 Å². The van der Waals surface area contributed by atoms with Crippen LogP contribution in [0.3, 0.4) is 0 Å². The van der Waals surface area contributed by atoms with Crippen LogP contribution in [0.1, 0.15) is 15.9 Å². The van der Waals surface area contributed by atoms with Crippen LogP contribution in [0.15, 0.2) is 46.9 Å². The Morgan fingerprint density at radius 1 is 1.20 bits per heavy atom. The fourth-order valence-corrected chi connectivity index (χ4v) is 2.51. The number of carbonyl (C=O) groups excluding carboxylic acids is 1. The van der Waals surface area contributed by atoms with Crippen LogP contribution in [-0.4, -0.2) is 17.6 Å². The molecule has 0 aliphatic rings. The quantitative estimate of drug-likeness (QED) is 0.878. The van der Waals surface area contributed by atoms with E-state index in [2.05, 4.69) is 21.2 Å². The highest BCUT2D eigenvalue weighted by molar-refractivity contribution is 9.10. The van der Waals surface area contributed by atoms with E-state index >= 15 is 0 Å². The van der Waals surface area contributed by atoms with Gasteiger partial charge in [-0.05, 0) is 42.3 Å². The van der Waals surface area contributed by atoms with Gasteiger partial charge in [-0.3, -0.25) is 4.79 Å². The Balaban J connectivity index is 1.90. The summed E-state index contributed by atoms with van der Waals surface area (Å²) in [6.45, 7) is 0.510. The zero-order valence-corrected chi connectivity index (χ0v) is 12.9. The molecule has 2 aromatic carbocycles. The molecule has 0 atom stereocenters. The van der Waals surface area contributed by atoms with Crippen molar-refractivity contribution < 1.29 is 9.90 Å². The molecule has 3 nitrogen and oxygen atoms in total. The molecular formula is C15H13BrClNO2. The molecule has 104 valence electrons. The molecule has 5 heteroatoms. The van der Waals surface area contributed by atoms with E-state index < -0.39 is 0 Å². The van der Waals surface area contributed by atoms with Gasteiger partial charge in [0.1, 0.15) is 5.75 Å². The number of rotatable bonds is 4. The number of phenolic OH excluding ortho intramolecular Hbond substituents is 1. The van der Waals surface area contributed by atoms with Gasteiger partial charge in [0.25, 0.3) is 5.91 Å².